The maximum Gasteiger partial charge on any atom is 0.221 e. The van der Waals surface area contributed by atoms with Gasteiger partial charge in [0.2, 0.25) is 11.1 Å². The summed E-state index contributed by atoms with van der Waals surface area (Å²) >= 11 is 1.55. The van der Waals surface area contributed by atoms with Gasteiger partial charge in [0, 0.05) is 24.8 Å². The van der Waals surface area contributed by atoms with Crippen molar-refractivity contribution in [2.45, 2.75) is 70.1 Å². The minimum absolute atomic E-state index is 0.150. The van der Waals surface area contributed by atoms with Crippen LogP contribution in [0.3, 0.4) is 0 Å². The number of tetrazole rings is 1. The minimum Gasteiger partial charge on any atom is -0.353 e. The van der Waals surface area contributed by atoms with E-state index in [1.165, 1.54) is 19.3 Å². The number of hydrogen-bond acceptors (Lipinski definition) is 5. The fourth-order valence-electron chi connectivity index (χ4n) is 2.54. The lowest BCUT2D eigenvalue weighted by Crippen LogP contribution is -2.36. The van der Waals surface area contributed by atoms with Gasteiger partial charge in [-0.2, -0.15) is 0 Å². The van der Waals surface area contributed by atoms with Crippen molar-refractivity contribution in [2.24, 2.45) is 5.92 Å². The largest absolute Gasteiger partial charge is 0.353 e. The monoisotopic (exact) mass is 311 g/mol. The van der Waals surface area contributed by atoms with Crippen molar-refractivity contribution in [2.75, 3.05) is 5.75 Å². The summed E-state index contributed by atoms with van der Waals surface area (Å²) in [6.45, 7) is 5.07. The second kappa shape index (κ2) is 8.36. The number of amides is 1. The van der Waals surface area contributed by atoms with Crippen LogP contribution in [0.1, 0.15) is 52.4 Å². The summed E-state index contributed by atoms with van der Waals surface area (Å²) in [4.78, 5) is 11.9. The highest BCUT2D eigenvalue weighted by molar-refractivity contribution is 7.99. The Hall–Kier alpha value is -1.11. The molecule has 1 heterocycles. The van der Waals surface area contributed by atoms with Gasteiger partial charge in [0.1, 0.15) is 0 Å². The Morgan fingerprint density at radius 3 is 2.86 bits per heavy atom. The molecular formula is C14H25N5OS. The van der Waals surface area contributed by atoms with Gasteiger partial charge in [-0.3, -0.25) is 4.79 Å². The van der Waals surface area contributed by atoms with E-state index in [0.29, 0.717) is 18.4 Å². The van der Waals surface area contributed by atoms with Crippen LogP contribution in [0.2, 0.25) is 0 Å². The molecule has 1 aromatic heterocycles. The van der Waals surface area contributed by atoms with Crippen LogP contribution in [-0.2, 0) is 11.3 Å². The van der Waals surface area contributed by atoms with Crippen LogP contribution in [-0.4, -0.2) is 37.9 Å². The van der Waals surface area contributed by atoms with Crippen molar-refractivity contribution >= 4 is 17.7 Å². The summed E-state index contributed by atoms with van der Waals surface area (Å²) < 4.78 is 1.81. The molecule has 0 aromatic carbocycles. The molecule has 0 atom stereocenters. The molecule has 0 unspecified atom stereocenters. The molecule has 1 aliphatic carbocycles. The number of rotatable bonds is 7. The Labute approximate surface area is 130 Å². The van der Waals surface area contributed by atoms with Crippen LogP contribution in [0.4, 0.5) is 0 Å². The van der Waals surface area contributed by atoms with Crippen molar-refractivity contribution < 1.29 is 4.79 Å². The number of aromatic nitrogens is 4. The zero-order valence-corrected chi connectivity index (χ0v) is 13.7. The van der Waals surface area contributed by atoms with Gasteiger partial charge < -0.3 is 5.32 Å². The van der Waals surface area contributed by atoms with E-state index in [9.17, 15) is 4.79 Å². The maximum absolute atomic E-state index is 11.9. The van der Waals surface area contributed by atoms with Gasteiger partial charge >= 0.3 is 0 Å². The lowest BCUT2D eigenvalue weighted by atomic mass is 9.95. The molecule has 21 heavy (non-hydrogen) atoms. The van der Waals surface area contributed by atoms with E-state index in [1.807, 2.05) is 4.68 Å². The van der Waals surface area contributed by atoms with Gasteiger partial charge in [-0.1, -0.05) is 44.9 Å². The van der Waals surface area contributed by atoms with Crippen LogP contribution in [0.5, 0.6) is 0 Å². The highest BCUT2D eigenvalue weighted by Gasteiger charge is 2.16. The molecule has 1 N–H and O–H groups in total. The third kappa shape index (κ3) is 5.65. The fraction of sp³-hybridized carbons (Fsp3) is 0.857. The zero-order valence-electron chi connectivity index (χ0n) is 12.9. The molecule has 2 rings (SSSR count). The van der Waals surface area contributed by atoms with E-state index in [4.69, 9.17) is 0 Å². The molecule has 0 saturated heterocycles. The molecule has 118 valence electrons. The molecule has 1 fully saturated rings. The zero-order chi connectivity index (χ0) is 15.1. The highest BCUT2D eigenvalue weighted by atomic mass is 32.2. The average Bonchev–Trinajstić information content (AvgIpc) is 2.86. The summed E-state index contributed by atoms with van der Waals surface area (Å²) in [7, 11) is 0. The standard InChI is InChI=1S/C14H25N5OS/c1-11(2)10-19-14(16-17-18-19)21-9-8-13(20)15-12-6-4-3-5-7-12/h11-12H,3-10H2,1-2H3,(H,15,20). The van der Waals surface area contributed by atoms with Gasteiger partial charge in [0.05, 0.1) is 0 Å². The van der Waals surface area contributed by atoms with E-state index in [1.54, 1.807) is 11.8 Å². The topological polar surface area (TPSA) is 72.7 Å². The van der Waals surface area contributed by atoms with Crippen LogP contribution in [0.25, 0.3) is 0 Å². The Kier molecular flexibility index (Phi) is 6.48. The minimum atomic E-state index is 0.150. The lowest BCUT2D eigenvalue weighted by molar-refractivity contribution is -0.121. The van der Waals surface area contributed by atoms with Gasteiger partial charge in [-0.25, -0.2) is 4.68 Å². The van der Waals surface area contributed by atoms with Crippen LogP contribution < -0.4 is 5.32 Å². The molecule has 0 radical (unpaired) electrons. The molecule has 6 nitrogen and oxygen atoms in total. The Bertz CT molecular complexity index is 442. The third-order valence-corrected chi connectivity index (χ3v) is 4.53. The molecule has 1 aliphatic rings. The third-order valence-electron chi connectivity index (χ3n) is 3.57. The van der Waals surface area contributed by atoms with E-state index in [2.05, 4.69) is 34.7 Å². The van der Waals surface area contributed by atoms with Crippen molar-refractivity contribution in [3.63, 3.8) is 0 Å². The molecule has 0 spiro atoms. The van der Waals surface area contributed by atoms with E-state index < -0.39 is 0 Å². The van der Waals surface area contributed by atoms with Gasteiger partial charge in [-0.15, -0.1) is 5.10 Å². The van der Waals surface area contributed by atoms with Gasteiger partial charge in [-0.05, 0) is 29.2 Å². The summed E-state index contributed by atoms with van der Waals surface area (Å²) in [6, 6.07) is 0.391. The molecule has 0 bridgehead atoms. The maximum atomic E-state index is 11.9. The van der Waals surface area contributed by atoms with Gasteiger partial charge in [0.15, 0.2) is 0 Å². The SMILES string of the molecule is CC(C)Cn1nnnc1SCCC(=O)NC1CCCCC1. The number of nitrogens with zero attached hydrogens (tertiary/aromatic N) is 4. The van der Waals surface area contributed by atoms with Crippen LogP contribution >= 0.6 is 11.8 Å². The highest BCUT2D eigenvalue weighted by Crippen LogP contribution is 2.18. The molecule has 1 saturated carbocycles. The van der Waals surface area contributed by atoms with Crippen molar-refractivity contribution in [1.29, 1.82) is 0 Å². The Morgan fingerprint density at radius 2 is 2.14 bits per heavy atom. The number of nitrogens with one attached hydrogen (secondary N) is 1. The van der Waals surface area contributed by atoms with Gasteiger partial charge in [0.25, 0.3) is 0 Å². The second-order valence-electron chi connectivity index (χ2n) is 6.04. The summed E-state index contributed by atoms with van der Waals surface area (Å²) in [6.07, 6.45) is 6.57. The fourth-order valence-corrected chi connectivity index (χ4v) is 3.37. The lowest BCUT2D eigenvalue weighted by Gasteiger charge is -2.22. The second-order valence-corrected chi connectivity index (χ2v) is 7.10. The normalized spacial score (nSPS) is 16.3. The first-order valence-corrected chi connectivity index (χ1v) is 8.82. The quantitative estimate of drug-likeness (QED) is 0.782. The van der Waals surface area contributed by atoms with E-state index >= 15 is 0 Å². The van der Waals surface area contributed by atoms with Crippen LogP contribution in [0, 0.1) is 5.92 Å². The van der Waals surface area contributed by atoms with Crippen molar-refractivity contribution in [3.8, 4) is 0 Å². The molecular weight excluding hydrogens is 286 g/mol. The van der Waals surface area contributed by atoms with E-state index in [-0.39, 0.29) is 5.91 Å². The molecule has 0 aliphatic heterocycles. The number of hydrogen-bond donors (Lipinski definition) is 1. The molecule has 7 heteroatoms. The summed E-state index contributed by atoms with van der Waals surface area (Å²) in [5, 5.41) is 15.6. The Morgan fingerprint density at radius 1 is 1.38 bits per heavy atom. The Balaban J connectivity index is 1.68. The number of carbonyl (C=O) groups is 1. The summed E-state index contributed by atoms with van der Waals surface area (Å²) in [5.74, 6) is 1.37. The first kappa shape index (κ1) is 16.3. The average molecular weight is 311 g/mol. The first-order chi connectivity index (χ1) is 10.1. The predicted octanol–water partition coefficient (Wildman–Crippen LogP) is 2.26. The molecule has 1 aromatic rings. The number of carbonyl (C=O) groups excluding carboxylic acids is 1. The summed E-state index contributed by atoms with van der Waals surface area (Å²) in [5.41, 5.74) is 0. The molecule has 1 amide bonds. The van der Waals surface area contributed by atoms with Crippen molar-refractivity contribution in [1.82, 2.24) is 25.5 Å². The van der Waals surface area contributed by atoms with Crippen molar-refractivity contribution in [3.05, 3.63) is 0 Å². The smallest absolute Gasteiger partial charge is 0.221 e. The van der Waals surface area contributed by atoms with E-state index in [0.717, 1.165) is 30.3 Å². The van der Waals surface area contributed by atoms with Crippen LogP contribution in [0.15, 0.2) is 5.16 Å². The first-order valence-electron chi connectivity index (χ1n) is 7.83. The predicted molar refractivity (Wildman–Crippen MR) is 83.0 cm³/mol. The number of thioether (sulfide) groups is 1.